The van der Waals surface area contributed by atoms with Crippen LogP contribution < -0.4 is 37.6 Å². The van der Waals surface area contributed by atoms with Gasteiger partial charge in [0.05, 0.1) is 34.1 Å². The second-order valence-electron chi connectivity index (χ2n) is 24.8. The van der Waals surface area contributed by atoms with Gasteiger partial charge in [-0.1, -0.05) is 138 Å². The van der Waals surface area contributed by atoms with Gasteiger partial charge in [0.25, 0.3) is 23.6 Å². The van der Waals surface area contributed by atoms with Gasteiger partial charge in [-0.25, -0.2) is 10.0 Å². The normalized spacial score (nSPS) is 14.8. The number of nitrogens with zero attached hydrogens (tertiary/aromatic N) is 4. The van der Waals surface area contributed by atoms with Crippen LogP contribution >= 0.6 is 24.4 Å². The smallest absolute Gasteiger partial charge is 0.428 e. The van der Waals surface area contributed by atoms with Gasteiger partial charge in [0.1, 0.15) is 0 Å². The van der Waals surface area contributed by atoms with Crippen molar-refractivity contribution in [3.05, 3.63) is 178 Å². The molecule has 0 radical (unpaired) electrons. The van der Waals surface area contributed by atoms with Crippen molar-refractivity contribution in [2.75, 3.05) is 15.9 Å². The molecule has 19 heteroatoms. The number of nitrogens with two attached hydrogens (primary N) is 1. The van der Waals surface area contributed by atoms with Crippen molar-refractivity contribution < 1.29 is 33.5 Å². The number of hydrogen-bond acceptors (Lipinski definition) is 11. The van der Waals surface area contributed by atoms with Gasteiger partial charge in [0, 0.05) is 44.8 Å². The van der Waals surface area contributed by atoms with Crippen LogP contribution in [-0.4, -0.2) is 86.4 Å². The molecular weight excluding hydrogens is 1100 g/mol. The molecule has 6 aromatic rings. The van der Waals surface area contributed by atoms with Crippen molar-refractivity contribution in [1.82, 2.24) is 20.9 Å². The van der Waals surface area contributed by atoms with E-state index in [0.29, 0.717) is 62.5 Å². The van der Waals surface area contributed by atoms with Gasteiger partial charge < -0.3 is 30.2 Å². The largest absolute Gasteiger partial charge is 0.496 e. The van der Waals surface area contributed by atoms with Crippen LogP contribution in [0, 0.1) is 38.5 Å². The van der Waals surface area contributed by atoms with E-state index in [1.807, 2.05) is 166 Å². The third-order valence-electron chi connectivity index (χ3n) is 15.3. The van der Waals surface area contributed by atoms with E-state index in [2.05, 4.69) is 80.1 Å². The van der Waals surface area contributed by atoms with Gasteiger partial charge in [0.15, 0.2) is 5.11 Å². The Hall–Kier alpha value is -7.50. The number of nitrogen functional groups attached to an aromatic ring is 1. The van der Waals surface area contributed by atoms with E-state index in [-0.39, 0.29) is 34.7 Å². The highest BCUT2D eigenvalue weighted by atomic mass is 32.1. The molecule has 8 rings (SSSR count). The number of fused-ring (bicyclic) bond motifs is 1. The predicted octanol–water partition coefficient (Wildman–Crippen LogP) is 12.0. The second kappa shape index (κ2) is 27.7. The molecular formula is C66H82B2N8O7S2. The number of carbonyl (C=O) groups excluding carboxylic acids is 4. The zero-order valence-electron chi connectivity index (χ0n) is 52.0. The molecule has 0 bridgehead atoms. The summed E-state index contributed by atoms with van der Waals surface area (Å²) in [6, 6.07) is 39.9. The molecule has 1 fully saturated rings. The number of benzene rings is 6. The molecule has 6 N–H and O–H groups in total. The quantitative estimate of drug-likeness (QED) is 0.0272. The van der Waals surface area contributed by atoms with E-state index in [4.69, 9.17) is 27.3 Å². The van der Waals surface area contributed by atoms with Gasteiger partial charge in [-0.15, -0.1) is 0 Å². The first-order valence-electron chi connectivity index (χ1n) is 28.6. The molecule has 2 atom stereocenters. The second-order valence-corrected chi connectivity index (χ2v) is 25.4. The minimum Gasteiger partial charge on any atom is -0.428 e. The highest BCUT2D eigenvalue weighted by molar-refractivity contribution is 7.81. The monoisotopic (exact) mass is 1180 g/mol. The van der Waals surface area contributed by atoms with Crippen LogP contribution in [0.25, 0.3) is 0 Å². The number of rotatable bonds is 11. The third kappa shape index (κ3) is 16.5. The Labute approximate surface area is 514 Å². The van der Waals surface area contributed by atoms with Gasteiger partial charge >= 0.3 is 14.2 Å². The summed E-state index contributed by atoms with van der Waals surface area (Å²) in [6.07, 6.45) is 1.32. The standard InChI is InChI=1S/C30H35BN4O3S.C29H42BN3O4.C7H5NS/c1-7-26(30(4,5)6)35(28(37)22-16-19(2)15-20(3)17-22)33-27(36)21-13-14-24-25(18-21)32-29(39)34(31(24)38)23-11-9-8-10-12-23;1-11-24(27(4,5)6)33(26(35)21-15-18(2)14-19(3)16-21)32-25(34)20-12-13-22(23(31)17-20)30-36-28(7,8)29(9,10)37-30;9-6-8-7-4-2-1-3-5-7/h8-18,26,38H,7H2,1-6H3,(H,32,39)(H,33,36);12-17,24H,11,31H2,1-10H3,(H,32,34);1-5H/t26-;24-;/m11./s1. The lowest BCUT2D eigenvalue weighted by molar-refractivity contribution is 0.00578. The van der Waals surface area contributed by atoms with Crippen LogP contribution in [0.2, 0.25) is 0 Å². The number of carbonyl (C=O) groups is 4. The molecule has 0 saturated carbocycles. The first-order valence-corrected chi connectivity index (χ1v) is 29.4. The molecule has 1 saturated heterocycles. The van der Waals surface area contributed by atoms with E-state index in [1.54, 1.807) is 41.2 Å². The Morgan fingerprint density at radius 2 is 1.06 bits per heavy atom. The van der Waals surface area contributed by atoms with Crippen molar-refractivity contribution in [1.29, 1.82) is 0 Å². The summed E-state index contributed by atoms with van der Waals surface area (Å²) in [6.45, 7) is 32.1. The zero-order valence-corrected chi connectivity index (χ0v) is 53.6. The summed E-state index contributed by atoms with van der Waals surface area (Å²) in [5.41, 5.74) is 20.1. The molecule has 2 aliphatic heterocycles. The Morgan fingerprint density at radius 3 is 1.46 bits per heavy atom. The summed E-state index contributed by atoms with van der Waals surface area (Å²) in [4.78, 5) is 59.9. The topological polar surface area (TPSA) is 191 Å². The zero-order chi connectivity index (χ0) is 62.9. The summed E-state index contributed by atoms with van der Waals surface area (Å²) in [5, 5.41) is 19.8. The Morgan fingerprint density at radius 1 is 0.647 bits per heavy atom. The van der Waals surface area contributed by atoms with Crippen LogP contribution in [0.15, 0.2) is 138 Å². The fourth-order valence-electron chi connectivity index (χ4n) is 10.5. The lowest BCUT2D eigenvalue weighted by Gasteiger charge is -2.39. The number of aliphatic imine (C=N–C) groups is 1. The molecule has 6 aromatic carbocycles. The summed E-state index contributed by atoms with van der Waals surface area (Å²) in [7, 11) is -1.64. The number of para-hydroxylation sites is 2. The average molecular weight is 1190 g/mol. The van der Waals surface area contributed by atoms with Crippen LogP contribution in [0.5, 0.6) is 0 Å². The van der Waals surface area contributed by atoms with E-state index in [9.17, 15) is 24.2 Å². The summed E-state index contributed by atoms with van der Waals surface area (Å²) < 4.78 is 12.2. The average Bonchev–Trinajstić information content (AvgIpc) is 2.24. The Bertz CT molecular complexity index is 3400. The number of aryl methyl sites for hydroxylation is 4. The number of hydrogen-bond donors (Lipinski definition) is 5. The highest BCUT2D eigenvalue weighted by Gasteiger charge is 2.52. The van der Waals surface area contributed by atoms with E-state index >= 15 is 0 Å². The van der Waals surface area contributed by atoms with Crippen LogP contribution in [0.4, 0.5) is 22.7 Å². The minimum absolute atomic E-state index is 0.230. The lowest BCUT2D eigenvalue weighted by Crippen LogP contribution is -2.58. The lowest BCUT2D eigenvalue weighted by atomic mass is 9.69. The molecule has 85 heavy (non-hydrogen) atoms. The van der Waals surface area contributed by atoms with Crippen molar-refractivity contribution in [2.45, 2.75) is 147 Å². The van der Waals surface area contributed by atoms with E-state index in [0.717, 1.165) is 33.6 Å². The van der Waals surface area contributed by atoms with Gasteiger partial charge in [-0.05, 0) is 182 Å². The highest BCUT2D eigenvalue weighted by Crippen LogP contribution is 2.37. The maximum atomic E-state index is 13.8. The molecule has 15 nitrogen and oxygen atoms in total. The van der Waals surface area contributed by atoms with Gasteiger partial charge in [-0.3, -0.25) is 30.0 Å². The fraction of sp³-hybridized carbons (Fsp3) is 0.364. The predicted molar refractivity (Wildman–Crippen MR) is 353 cm³/mol. The first kappa shape index (κ1) is 66.6. The van der Waals surface area contributed by atoms with Crippen LogP contribution in [0.1, 0.15) is 160 Å². The van der Waals surface area contributed by atoms with Crippen molar-refractivity contribution in [3.63, 3.8) is 0 Å². The van der Waals surface area contributed by atoms with E-state index < -0.39 is 37.2 Å². The molecule has 2 heterocycles. The summed E-state index contributed by atoms with van der Waals surface area (Å²) in [5.74, 6) is -1.34. The number of amides is 4. The van der Waals surface area contributed by atoms with Gasteiger partial charge in [-0.2, -0.15) is 4.99 Å². The maximum Gasteiger partial charge on any atom is 0.496 e. The molecule has 446 valence electrons. The van der Waals surface area contributed by atoms with Crippen LogP contribution in [-0.2, 0) is 9.31 Å². The fourth-order valence-corrected chi connectivity index (χ4v) is 10.9. The number of thiocarbonyl (C=S) groups is 2. The number of isothiocyanates is 1. The molecule has 0 aromatic heterocycles. The number of hydrazine groups is 2. The van der Waals surface area contributed by atoms with Crippen molar-refractivity contribution in [2.24, 2.45) is 15.8 Å². The van der Waals surface area contributed by atoms with Crippen molar-refractivity contribution >= 4 is 106 Å². The van der Waals surface area contributed by atoms with Crippen molar-refractivity contribution in [3.8, 4) is 0 Å². The third-order valence-corrected chi connectivity index (χ3v) is 15.7. The SMILES string of the molecule is CC[C@@H](N(NC(=O)c1ccc(B2OC(C)(C)C(C)(C)O2)c(N)c1)C(=O)c1cc(C)cc(C)c1)C(C)(C)C.CC[C@@H](N(NC(=O)c1ccc2c(c1)NC(=S)N(c1ccccc1)B2O)C(=O)c1cc(C)cc(C)c1)C(C)(C)C.S=C=Nc1ccccc1. The first-order chi connectivity index (χ1) is 39.8. The summed E-state index contributed by atoms with van der Waals surface area (Å²) >= 11 is 9.96. The molecule has 0 aliphatic carbocycles. The molecule has 0 spiro atoms. The minimum atomic E-state index is -1.01. The molecule has 4 amide bonds. The van der Waals surface area contributed by atoms with E-state index in [1.165, 1.54) is 10.0 Å². The Balaban J connectivity index is 0.000000237. The molecule has 2 aliphatic rings. The molecule has 0 unspecified atom stereocenters. The maximum absolute atomic E-state index is 13.8. The van der Waals surface area contributed by atoms with Gasteiger partial charge in [0.2, 0.25) is 0 Å². The Kier molecular flexibility index (Phi) is 21.7. The van der Waals surface area contributed by atoms with Crippen LogP contribution in [0.3, 0.4) is 0 Å². The number of nitrogens with one attached hydrogen (secondary N) is 3. The number of anilines is 3.